The summed E-state index contributed by atoms with van der Waals surface area (Å²) in [6, 6.07) is 3.67. The Morgan fingerprint density at radius 1 is 1.40 bits per heavy atom. The molecule has 1 N–H and O–H groups in total. The Balaban J connectivity index is 2.05. The van der Waals surface area contributed by atoms with Crippen molar-refractivity contribution in [1.29, 1.82) is 0 Å². The Morgan fingerprint density at radius 3 is 2.80 bits per heavy atom. The largest absolute Gasteiger partial charge is 0.460 e. The van der Waals surface area contributed by atoms with Gasteiger partial charge in [-0.05, 0) is 25.0 Å². The van der Waals surface area contributed by atoms with Crippen molar-refractivity contribution in [2.45, 2.75) is 25.0 Å². The molecule has 0 spiro atoms. The fourth-order valence-corrected chi connectivity index (χ4v) is 1.82. The fraction of sp³-hybridized carbons (Fsp3) is 0.636. The van der Waals surface area contributed by atoms with Gasteiger partial charge in [0, 0.05) is 26.2 Å². The highest BCUT2D eigenvalue weighted by Crippen LogP contribution is 2.29. The van der Waals surface area contributed by atoms with Crippen LogP contribution in [0.5, 0.6) is 0 Å². The van der Waals surface area contributed by atoms with E-state index in [-0.39, 0.29) is 0 Å². The number of aliphatic hydroxyl groups is 1. The highest BCUT2D eigenvalue weighted by Gasteiger charge is 2.20. The van der Waals surface area contributed by atoms with Gasteiger partial charge in [0.15, 0.2) is 5.76 Å². The zero-order chi connectivity index (χ0) is 10.7. The van der Waals surface area contributed by atoms with E-state index in [1.54, 1.807) is 6.07 Å². The predicted octanol–water partition coefficient (Wildman–Crippen LogP) is 1.81. The monoisotopic (exact) mass is 212 g/mol. The minimum Gasteiger partial charge on any atom is -0.460 e. The van der Waals surface area contributed by atoms with Crippen LogP contribution in [-0.4, -0.2) is 25.4 Å². The lowest BCUT2D eigenvalue weighted by Crippen LogP contribution is -2.13. The third-order valence-electron chi connectivity index (χ3n) is 2.74. The predicted molar refractivity (Wildman–Crippen MR) is 53.5 cm³/mol. The molecule has 1 aromatic rings. The second kappa shape index (κ2) is 4.79. The molecule has 1 unspecified atom stereocenters. The summed E-state index contributed by atoms with van der Waals surface area (Å²) in [6.07, 6.45) is 1.00. The molecule has 1 aliphatic rings. The number of furan rings is 1. The first-order valence-corrected chi connectivity index (χ1v) is 5.19. The maximum atomic E-state index is 9.40. The maximum Gasteiger partial charge on any atom is 0.214 e. The van der Waals surface area contributed by atoms with Crippen LogP contribution < -0.4 is 0 Å². The first kappa shape index (κ1) is 10.7. The summed E-state index contributed by atoms with van der Waals surface area (Å²) in [7, 11) is 1.45. The molecule has 4 heteroatoms. The van der Waals surface area contributed by atoms with Crippen LogP contribution in [-0.2, 0) is 9.47 Å². The zero-order valence-electron chi connectivity index (χ0n) is 8.81. The van der Waals surface area contributed by atoms with E-state index in [9.17, 15) is 5.11 Å². The smallest absolute Gasteiger partial charge is 0.214 e. The molecule has 84 valence electrons. The summed E-state index contributed by atoms with van der Waals surface area (Å²) in [5, 5.41) is 9.40. The van der Waals surface area contributed by atoms with E-state index in [1.807, 2.05) is 6.07 Å². The van der Waals surface area contributed by atoms with Crippen LogP contribution in [0.3, 0.4) is 0 Å². The second-order valence-electron chi connectivity index (χ2n) is 3.71. The van der Waals surface area contributed by atoms with E-state index >= 15 is 0 Å². The number of ether oxygens (including phenoxy) is 2. The second-order valence-corrected chi connectivity index (χ2v) is 3.71. The molecule has 0 amide bonds. The van der Waals surface area contributed by atoms with Gasteiger partial charge in [-0.3, -0.25) is 0 Å². The van der Waals surface area contributed by atoms with E-state index in [0.29, 0.717) is 11.7 Å². The van der Waals surface area contributed by atoms with Gasteiger partial charge in [-0.25, -0.2) is 0 Å². The lowest BCUT2D eigenvalue weighted by Gasteiger charge is -2.19. The van der Waals surface area contributed by atoms with Crippen molar-refractivity contribution >= 4 is 0 Å². The molecule has 1 saturated heterocycles. The topological polar surface area (TPSA) is 51.8 Å². The van der Waals surface area contributed by atoms with E-state index in [2.05, 4.69) is 0 Å². The van der Waals surface area contributed by atoms with Crippen molar-refractivity contribution in [3.8, 4) is 0 Å². The highest BCUT2D eigenvalue weighted by atomic mass is 16.6. The van der Waals surface area contributed by atoms with Crippen molar-refractivity contribution in [2.75, 3.05) is 20.3 Å². The Labute approximate surface area is 88.8 Å². The number of hydrogen-bond acceptors (Lipinski definition) is 4. The van der Waals surface area contributed by atoms with Gasteiger partial charge in [-0.15, -0.1) is 0 Å². The van der Waals surface area contributed by atoms with E-state index < -0.39 is 6.29 Å². The van der Waals surface area contributed by atoms with Crippen molar-refractivity contribution < 1.29 is 19.0 Å². The fourth-order valence-electron chi connectivity index (χ4n) is 1.82. The molecular weight excluding hydrogens is 196 g/mol. The summed E-state index contributed by atoms with van der Waals surface area (Å²) in [6.45, 7) is 1.57. The SMILES string of the molecule is COC(O)c1ccc(C2CCOCC2)o1. The molecule has 2 rings (SSSR count). The molecule has 15 heavy (non-hydrogen) atoms. The van der Waals surface area contributed by atoms with Crippen molar-refractivity contribution in [3.05, 3.63) is 23.7 Å². The van der Waals surface area contributed by atoms with Gasteiger partial charge in [0.25, 0.3) is 0 Å². The van der Waals surface area contributed by atoms with Gasteiger partial charge < -0.3 is 19.0 Å². The lowest BCUT2D eigenvalue weighted by atomic mass is 9.98. The van der Waals surface area contributed by atoms with Gasteiger partial charge in [0.1, 0.15) is 5.76 Å². The summed E-state index contributed by atoms with van der Waals surface area (Å²) in [4.78, 5) is 0. The van der Waals surface area contributed by atoms with E-state index in [0.717, 1.165) is 31.8 Å². The lowest BCUT2D eigenvalue weighted by molar-refractivity contribution is -0.0910. The summed E-state index contributed by atoms with van der Waals surface area (Å²) in [5.74, 6) is 1.81. The van der Waals surface area contributed by atoms with Crippen LogP contribution in [0.15, 0.2) is 16.5 Å². The summed E-state index contributed by atoms with van der Waals surface area (Å²) < 4.78 is 15.6. The number of hydrogen-bond donors (Lipinski definition) is 1. The molecule has 1 fully saturated rings. The van der Waals surface area contributed by atoms with Gasteiger partial charge in [0.2, 0.25) is 6.29 Å². The molecule has 1 aliphatic heterocycles. The third kappa shape index (κ3) is 2.40. The normalized spacial score (nSPS) is 20.4. The van der Waals surface area contributed by atoms with Gasteiger partial charge >= 0.3 is 0 Å². The molecule has 0 bridgehead atoms. The van der Waals surface area contributed by atoms with Gasteiger partial charge in [-0.1, -0.05) is 0 Å². The Hall–Kier alpha value is -0.840. The molecule has 2 heterocycles. The highest BCUT2D eigenvalue weighted by molar-refractivity contribution is 5.12. The van der Waals surface area contributed by atoms with E-state index in [4.69, 9.17) is 13.9 Å². The average molecular weight is 212 g/mol. The Morgan fingerprint density at radius 2 is 2.13 bits per heavy atom. The number of methoxy groups -OCH3 is 1. The summed E-state index contributed by atoms with van der Waals surface area (Å²) >= 11 is 0. The van der Waals surface area contributed by atoms with Crippen LogP contribution in [0.2, 0.25) is 0 Å². The quantitative estimate of drug-likeness (QED) is 0.776. The molecule has 4 nitrogen and oxygen atoms in total. The van der Waals surface area contributed by atoms with E-state index in [1.165, 1.54) is 7.11 Å². The Kier molecular flexibility index (Phi) is 3.41. The van der Waals surface area contributed by atoms with Gasteiger partial charge in [0.05, 0.1) is 0 Å². The maximum absolute atomic E-state index is 9.40. The zero-order valence-corrected chi connectivity index (χ0v) is 8.81. The molecule has 0 radical (unpaired) electrons. The van der Waals surface area contributed by atoms with Crippen LogP contribution in [0.4, 0.5) is 0 Å². The minimum absolute atomic E-state index is 0.413. The third-order valence-corrected chi connectivity index (χ3v) is 2.74. The minimum atomic E-state index is -0.960. The molecule has 1 atom stereocenters. The summed E-state index contributed by atoms with van der Waals surface area (Å²) in [5.41, 5.74) is 0. The number of rotatable bonds is 3. The molecule has 0 aromatic carbocycles. The average Bonchev–Trinajstić information content (AvgIpc) is 2.78. The molecular formula is C11H16O4. The van der Waals surface area contributed by atoms with Crippen LogP contribution >= 0.6 is 0 Å². The van der Waals surface area contributed by atoms with Crippen LogP contribution in [0, 0.1) is 0 Å². The van der Waals surface area contributed by atoms with Gasteiger partial charge in [-0.2, -0.15) is 0 Å². The van der Waals surface area contributed by atoms with Crippen LogP contribution in [0.1, 0.15) is 36.6 Å². The first-order valence-electron chi connectivity index (χ1n) is 5.19. The Bertz CT molecular complexity index is 301. The van der Waals surface area contributed by atoms with Crippen molar-refractivity contribution in [2.24, 2.45) is 0 Å². The molecule has 0 saturated carbocycles. The van der Waals surface area contributed by atoms with Crippen molar-refractivity contribution in [1.82, 2.24) is 0 Å². The van der Waals surface area contributed by atoms with Crippen LogP contribution in [0.25, 0.3) is 0 Å². The first-order chi connectivity index (χ1) is 7.31. The molecule has 1 aromatic heterocycles. The standard InChI is InChI=1S/C11H16O4/c1-13-11(12)10-3-2-9(15-10)8-4-6-14-7-5-8/h2-3,8,11-12H,4-7H2,1H3. The number of aliphatic hydroxyl groups excluding tert-OH is 1. The van der Waals surface area contributed by atoms with Crippen molar-refractivity contribution in [3.63, 3.8) is 0 Å². The molecule has 0 aliphatic carbocycles.